The highest BCUT2D eigenvalue weighted by Gasteiger charge is 2.24. The Labute approximate surface area is 113 Å². The van der Waals surface area contributed by atoms with E-state index in [1.54, 1.807) is 12.1 Å². The number of carbonyl (C=O) groups is 1. The summed E-state index contributed by atoms with van der Waals surface area (Å²) in [6, 6.07) is 6.63. The lowest BCUT2D eigenvalue weighted by molar-refractivity contribution is 0.0943. The Morgan fingerprint density at radius 1 is 1.47 bits per heavy atom. The van der Waals surface area contributed by atoms with Gasteiger partial charge in [-0.25, -0.2) is 4.39 Å². The molecule has 1 fully saturated rings. The summed E-state index contributed by atoms with van der Waals surface area (Å²) in [4.78, 5) is 14.3. The molecule has 1 aromatic rings. The van der Waals surface area contributed by atoms with Gasteiger partial charge in [0.25, 0.3) is 5.91 Å². The Hall–Kier alpha value is -1.42. The van der Waals surface area contributed by atoms with Gasteiger partial charge < -0.3 is 10.2 Å². The molecule has 1 amide bonds. The number of halogens is 1. The van der Waals surface area contributed by atoms with Crippen LogP contribution >= 0.6 is 0 Å². The zero-order valence-corrected chi connectivity index (χ0v) is 11.5. The SMILES string of the molecule is CC(C)N1CCC(CNC(=O)c2ccccc2F)C1. The summed E-state index contributed by atoms with van der Waals surface area (Å²) in [5, 5.41) is 2.84. The molecule has 19 heavy (non-hydrogen) atoms. The van der Waals surface area contributed by atoms with E-state index in [0.717, 1.165) is 19.5 Å². The molecule has 1 aromatic carbocycles. The number of nitrogens with zero attached hydrogens (tertiary/aromatic N) is 1. The van der Waals surface area contributed by atoms with Crippen LogP contribution in [-0.4, -0.2) is 36.5 Å². The topological polar surface area (TPSA) is 32.3 Å². The first kappa shape index (κ1) is 14.0. The summed E-state index contributed by atoms with van der Waals surface area (Å²) in [6.45, 7) is 7.07. The smallest absolute Gasteiger partial charge is 0.254 e. The molecule has 2 rings (SSSR count). The first-order chi connectivity index (χ1) is 9.08. The van der Waals surface area contributed by atoms with Crippen molar-refractivity contribution in [3.63, 3.8) is 0 Å². The van der Waals surface area contributed by atoms with Gasteiger partial charge in [-0.1, -0.05) is 12.1 Å². The van der Waals surface area contributed by atoms with Crippen molar-refractivity contribution in [1.29, 1.82) is 0 Å². The quantitative estimate of drug-likeness (QED) is 0.905. The van der Waals surface area contributed by atoms with Gasteiger partial charge in [-0.3, -0.25) is 4.79 Å². The van der Waals surface area contributed by atoms with Gasteiger partial charge in [-0.15, -0.1) is 0 Å². The number of hydrogen-bond acceptors (Lipinski definition) is 2. The molecule has 0 spiro atoms. The molecule has 0 aliphatic carbocycles. The van der Waals surface area contributed by atoms with Crippen molar-refractivity contribution in [3.8, 4) is 0 Å². The van der Waals surface area contributed by atoms with E-state index >= 15 is 0 Å². The van der Waals surface area contributed by atoms with Gasteiger partial charge in [0.1, 0.15) is 5.82 Å². The van der Waals surface area contributed by atoms with Gasteiger partial charge in [0.2, 0.25) is 0 Å². The molecule has 1 saturated heterocycles. The number of rotatable bonds is 4. The van der Waals surface area contributed by atoms with Crippen molar-refractivity contribution in [2.75, 3.05) is 19.6 Å². The van der Waals surface area contributed by atoms with E-state index in [1.807, 2.05) is 0 Å². The number of amides is 1. The molecule has 1 aliphatic heterocycles. The minimum Gasteiger partial charge on any atom is -0.352 e. The first-order valence-electron chi connectivity index (χ1n) is 6.84. The lowest BCUT2D eigenvalue weighted by Crippen LogP contribution is -2.33. The van der Waals surface area contributed by atoms with Crippen molar-refractivity contribution in [1.82, 2.24) is 10.2 Å². The highest BCUT2D eigenvalue weighted by atomic mass is 19.1. The average Bonchev–Trinajstić information content (AvgIpc) is 2.85. The van der Waals surface area contributed by atoms with Gasteiger partial charge in [0.05, 0.1) is 5.56 Å². The first-order valence-corrected chi connectivity index (χ1v) is 6.84. The molecule has 1 unspecified atom stereocenters. The third-order valence-electron chi connectivity index (χ3n) is 3.72. The summed E-state index contributed by atoms with van der Waals surface area (Å²) in [6.07, 6.45) is 1.09. The molecule has 0 saturated carbocycles. The Morgan fingerprint density at radius 2 is 2.21 bits per heavy atom. The number of hydrogen-bond donors (Lipinski definition) is 1. The van der Waals surface area contributed by atoms with E-state index in [-0.39, 0.29) is 11.5 Å². The summed E-state index contributed by atoms with van der Waals surface area (Å²) in [7, 11) is 0. The van der Waals surface area contributed by atoms with Gasteiger partial charge in [0.15, 0.2) is 0 Å². The zero-order chi connectivity index (χ0) is 13.8. The summed E-state index contributed by atoms with van der Waals surface area (Å²) >= 11 is 0. The van der Waals surface area contributed by atoms with E-state index in [2.05, 4.69) is 24.1 Å². The molecule has 0 bridgehead atoms. The predicted molar refractivity (Wildman–Crippen MR) is 73.5 cm³/mol. The molecule has 4 heteroatoms. The fourth-order valence-electron chi connectivity index (χ4n) is 2.48. The second-order valence-corrected chi connectivity index (χ2v) is 5.43. The number of nitrogens with one attached hydrogen (secondary N) is 1. The molecule has 1 atom stereocenters. The van der Waals surface area contributed by atoms with Crippen LogP contribution in [0.4, 0.5) is 4.39 Å². The molecule has 1 N–H and O–H groups in total. The van der Waals surface area contributed by atoms with Crippen molar-refractivity contribution in [3.05, 3.63) is 35.6 Å². The minimum atomic E-state index is -0.463. The molecular weight excluding hydrogens is 243 g/mol. The summed E-state index contributed by atoms with van der Waals surface area (Å²) in [5.74, 6) is -0.311. The lowest BCUT2D eigenvalue weighted by Gasteiger charge is -2.20. The predicted octanol–water partition coefficient (Wildman–Crippen LogP) is 2.29. The van der Waals surface area contributed by atoms with Crippen molar-refractivity contribution < 1.29 is 9.18 Å². The standard InChI is InChI=1S/C15H21FN2O/c1-11(2)18-8-7-12(10-18)9-17-15(19)13-5-3-4-6-14(13)16/h3-6,11-12H,7-10H2,1-2H3,(H,17,19). The molecule has 0 radical (unpaired) electrons. The van der Waals surface area contributed by atoms with E-state index in [1.165, 1.54) is 12.1 Å². The van der Waals surface area contributed by atoms with Crippen LogP contribution in [0.25, 0.3) is 0 Å². The maximum Gasteiger partial charge on any atom is 0.254 e. The average molecular weight is 264 g/mol. The Bertz CT molecular complexity index is 448. The van der Waals surface area contributed by atoms with E-state index in [0.29, 0.717) is 18.5 Å². The third-order valence-corrected chi connectivity index (χ3v) is 3.72. The van der Waals surface area contributed by atoms with Crippen molar-refractivity contribution >= 4 is 5.91 Å². The van der Waals surface area contributed by atoms with Crippen LogP contribution in [0.15, 0.2) is 24.3 Å². The molecule has 1 aliphatic rings. The Balaban J connectivity index is 1.84. The summed E-state index contributed by atoms with van der Waals surface area (Å²) < 4.78 is 13.4. The fraction of sp³-hybridized carbons (Fsp3) is 0.533. The number of carbonyl (C=O) groups excluding carboxylic acids is 1. The van der Waals surface area contributed by atoms with Crippen LogP contribution < -0.4 is 5.32 Å². The van der Waals surface area contributed by atoms with E-state index < -0.39 is 5.82 Å². The fourth-order valence-corrected chi connectivity index (χ4v) is 2.48. The Morgan fingerprint density at radius 3 is 2.84 bits per heavy atom. The molecular formula is C15H21FN2O. The van der Waals surface area contributed by atoms with Gasteiger partial charge >= 0.3 is 0 Å². The van der Waals surface area contributed by atoms with E-state index in [4.69, 9.17) is 0 Å². The largest absolute Gasteiger partial charge is 0.352 e. The van der Waals surface area contributed by atoms with Crippen molar-refractivity contribution in [2.45, 2.75) is 26.3 Å². The second-order valence-electron chi connectivity index (χ2n) is 5.43. The highest BCUT2D eigenvalue weighted by molar-refractivity contribution is 5.94. The third kappa shape index (κ3) is 3.53. The van der Waals surface area contributed by atoms with Crippen LogP contribution in [0.2, 0.25) is 0 Å². The van der Waals surface area contributed by atoms with E-state index in [9.17, 15) is 9.18 Å². The van der Waals surface area contributed by atoms with Gasteiger partial charge in [0, 0.05) is 19.1 Å². The summed E-state index contributed by atoms with van der Waals surface area (Å²) in [5.41, 5.74) is 0.126. The van der Waals surface area contributed by atoms with Crippen LogP contribution in [0.1, 0.15) is 30.6 Å². The van der Waals surface area contributed by atoms with Gasteiger partial charge in [-0.05, 0) is 44.9 Å². The highest BCUT2D eigenvalue weighted by Crippen LogP contribution is 2.17. The monoisotopic (exact) mass is 264 g/mol. The van der Waals surface area contributed by atoms with Crippen molar-refractivity contribution in [2.24, 2.45) is 5.92 Å². The zero-order valence-electron chi connectivity index (χ0n) is 11.5. The second kappa shape index (κ2) is 6.15. The molecule has 3 nitrogen and oxygen atoms in total. The number of likely N-dealkylation sites (tertiary alicyclic amines) is 1. The van der Waals surface area contributed by atoms with Gasteiger partial charge in [-0.2, -0.15) is 0 Å². The maximum atomic E-state index is 13.4. The van der Waals surface area contributed by atoms with Crippen LogP contribution in [-0.2, 0) is 0 Å². The molecule has 104 valence electrons. The normalized spacial score (nSPS) is 19.9. The molecule has 0 aromatic heterocycles. The van der Waals surface area contributed by atoms with Crippen LogP contribution in [0.3, 0.4) is 0 Å². The Kier molecular flexibility index (Phi) is 4.53. The minimum absolute atomic E-state index is 0.126. The lowest BCUT2D eigenvalue weighted by atomic mass is 10.1. The molecule has 1 heterocycles. The van der Waals surface area contributed by atoms with Crippen LogP contribution in [0, 0.1) is 11.7 Å². The maximum absolute atomic E-state index is 13.4. The van der Waals surface area contributed by atoms with Crippen LogP contribution in [0.5, 0.6) is 0 Å². The number of benzene rings is 1.